The lowest BCUT2D eigenvalue weighted by Gasteiger charge is -2.19. The lowest BCUT2D eigenvalue weighted by Crippen LogP contribution is -2.12. The molecular weight excluding hydrogens is 170 g/mol. The molecule has 0 aliphatic heterocycles. The van der Waals surface area contributed by atoms with Gasteiger partial charge < -0.3 is 0 Å². The van der Waals surface area contributed by atoms with E-state index >= 15 is 0 Å². The largest absolute Gasteiger partial charge is 0.198 e. The van der Waals surface area contributed by atoms with Crippen LogP contribution in [0.1, 0.15) is 44.9 Å². The van der Waals surface area contributed by atoms with Crippen molar-refractivity contribution in [3.8, 4) is 6.07 Å². The lowest BCUT2D eigenvalue weighted by molar-refractivity contribution is 0.363. The zero-order valence-electron chi connectivity index (χ0n) is 7.48. The summed E-state index contributed by atoms with van der Waals surface area (Å²) < 4.78 is 0. The number of alkyl halides is 1. The van der Waals surface area contributed by atoms with Crippen molar-refractivity contribution in [2.24, 2.45) is 5.41 Å². The van der Waals surface area contributed by atoms with Crippen LogP contribution in [0.25, 0.3) is 0 Å². The van der Waals surface area contributed by atoms with Gasteiger partial charge in [0.05, 0.1) is 11.5 Å². The molecule has 1 fully saturated rings. The molecule has 1 rings (SSSR count). The maximum Gasteiger partial charge on any atom is 0.0689 e. The summed E-state index contributed by atoms with van der Waals surface area (Å²) in [6.45, 7) is 0. The van der Waals surface area contributed by atoms with Crippen molar-refractivity contribution in [2.45, 2.75) is 44.9 Å². The molecule has 0 unspecified atom stereocenters. The van der Waals surface area contributed by atoms with Gasteiger partial charge >= 0.3 is 0 Å². The second kappa shape index (κ2) is 4.72. The van der Waals surface area contributed by atoms with E-state index in [1.54, 1.807) is 0 Å². The molecule has 2 heteroatoms. The minimum absolute atomic E-state index is 0.0338. The predicted octanol–water partition coefficient (Wildman–Crippen LogP) is 3.48. The van der Waals surface area contributed by atoms with Gasteiger partial charge in [0.1, 0.15) is 0 Å². The van der Waals surface area contributed by atoms with Gasteiger partial charge in [0, 0.05) is 5.88 Å². The van der Waals surface area contributed by atoms with Crippen LogP contribution in [-0.4, -0.2) is 5.88 Å². The van der Waals surface area contributed by atoms with Gasteiger partial charge in [-0.15, -0.1) is 11.6 Å². The van der Waals surface area contributed by atoms with Crippen molar-refractivity contribution in [3.05, 3.63) is 0 Å². The van der Waals surface area contributed by atoms with Gasteiger partial charge in [-0.05, 0) is 25.7 Å². The van der Waals surface area contributed by atoms with E-state index in [9.17, 15) is 0 Å². The van der Waals surface area contributed by atoms with Gasteiger partial charge in [0.25, 0.3) is 0 Å². The first-order chi connectivity index (χ1) is 5.83. The van der Waals surface area contributed by atoms with Gasteiger partial charge in [0.2, 0.25) is 0 Å². The summed E-state index contributed by atoms with van der Waals surface area (Å²) >= 11 is 5.59. The summed E-state index contributed by atoms with van der Waals surface area (Å²) in [6.07, 6.45) is 7.97. The summed E-state index contributed by atoms with van der Waals surface area (Å²) in [7, 11) is 0. The summed E-state index contributed by atoms with van der Waals surface area (Å²) in [5, 5.41) is 9.03. The average Bonchev–Trinajstić information content (AvgIpc) is 2.55. The highest BCUT2D eigenvalue weighted by molar-refractivity contribution is 6.17. The Morgan fingerprint density at radius 3 is 2.42 bits per heavy atom. The molecule has 1 aliphatic rings. The summed E-state index contributed by atoms with van der Waals surface area (Å²) in [5.74, 6) is 0.738. The quantitative estimate of drug-likeness (QED) is 0.486. The van der Waals surface area contributed by atoms with E-state index in [-0.39, 0.29) is 5.41 Å². The minimum Gasteiger partial charge on any atom is -0.198 e. The van der Waals surface area contributed by atoms with Gasteiger partial charge in [-0.2, -0.15) is 5.26 Å². The van der Waals surface area contributed by atoms with Crippen molar-refractivity contribution in [1.29, 1.82) is 5.26 Å². The zero-order chi connectivity index (χ0) is 8.86. The lowest BCUT2D eigenvalue weighted by atomic mass is 9.83. The van der Waals surface area contributed by atoms with Crippen molar-refractivity contribution < 1.29 is 0 Å². The van der Waals surface area contributed by atoms with E-state index in [2.05, 4.69) is 6.07 Å². The van der Waals surface area contributed by atoms with E-state index in [1.807, 2.05) is 0 Å². The normalized spacial score (nSPS) is 20.7. The van der Waals surface area contributed by atoms with Crippen LogP contribution in [0.3, 0.4) is 0 Å². The molecule has 0 spiro atoms. The van der Waals surface area contributed by atoms with Crippen molar-refractivity contribution >= 4 is 11.6 Å². The Morgan fingerprint density at radius 1 is 1.25 bits per heavy atom. The molecule has 0 radical (unpaired) electrons. The highest BCUT2D eigenvalue weighted by atomic mass is 35.5. The molecular formula is C10H16ClN. The Hall–Kier alpha value is -0.220. The van der Waals surface area contributed by atoms with Crippen molar-refractivity contribution in [1.82, 2.24) is 0 Å². The van der Waals surface area contributed by atoms with Gasteiger partial charge in [0.15, 0.2) is 0 Å². The Kier molecular flexibility index (Phi) is 3.88. The van der Waals surface area contributed by atoms with Crippen LogP contribution in [0.4, 0.5) is 0 Å². The SMILES string of the molecule is N#CC1(CCCCCl)CCCC1. The maximum atomic E-state index is 9.03. The van der Waals surface area contributed by atoms with E-state index in [1.165, 1.54) is 12.8 Å². The highest BCUT2D eigenvalue weighted by Gasteiger charge is 2.32. The molecule has 0 amide bonds. The van der Waals surface area contributed by atoms with Crippen LogP contribution in [0, 0.1) is 16.7 Å². The maximum absolute atomic E-state index is 9.03. The van der Waals surface area contributed by atoms with Crippen molar-refractivity contribution in [2.75, 3.05) is 5.88 Å². The third-order valence-electron chi connectivity index (χ3n) is 2.84. The van der Waals surface area contributed by atoms with E-state index in [0.717, 1.165) is 38.0 Å². The van der Waals surface area contributed by atoms with Crippen LogP contribution < -0.4 is 0 Å². The molecule has 1 nitrogen and oxygen atoms in total. The first-order valence-electron chi connectivity index (χ1n) is 4.80. The third kappa shape index (κ3) is 2.38. The molecule has 0 aromatic carbocycles. The second-order valence-corrected chi connectivity index (χ2v) is 4.12. The van der Waals surface area contributed by atoms with Crippen LogP contribution in [0.2, 0.25) is 0 Å². The number of nitrogens with zero attached hydrogens (tertiary/aromatic N) is 1. The Balaban J connectivity index is 2.30. The van der Waals surface area contributed by atoms with Gasteiger partial charge in [-0.1, -0.05) is 19.3 Å². The summed E-state index contributed by atoms with van der Waals surface area (Å²) in [6, 6.07) is 2.49. The minimum atomic E-state index is 0.0338. The number of hydrogen-bond donors (Lipinski definition) is 0. The van der Waals surface area contributed by atoms with Crippen molar-refractivity contribution in [3.63, 3.8) is 0 Å². The number of hydrogen-bond acceptors (Lipinski definition) is 1. The monoisotopic (exact) mass is 185 g/mol. The predicted molar refractivity (Wildman–Crippen MR) is 51.1 cm³/mol. The average molecular weight is 186 g/mol. The third-order valence-corrected chi connectivity index (χ3v) is 3.10. The molecule has 1 saturated carbocycles. The standard InChI is InChI=1S/C10H16ClN/c11-8-4-3-7-10(9-12)5-1-2-6-10/h1-8H2. The topological polar surface area (TPSA) is 23.8 Å². The molecule has 0 N–H and O–H groups in total. The Morgan fingerprint density at radius 2 is 1.92 bits per heavy atom. The number of nitriles is 1. The number of halogens is 1. The number of unbranched alkanes of at least 4 members (excludes halogenated alkanes) is 1. The summed E-state index contributed by atoms with van der Waals surface area (Å²) in [4.78, 5) is 0. The molecule has 1 aliphatic carbocycles. The molecule has 0 bridgehead atoms. The smallest absolute Gasteiger partial charge is 0.0689 e. The second-order valence-electron chi connectivity index (χ2n) is 3.75. The molecule has 0 aromatic heterocycles. The summed E-state index contributed by atoms with van der Waals surface area (Å²) in [5.41, 5.74) is 0.0338. The molecule has 0 saturated heterocycles. The van der Waals surface area contributed by atoms with Gasteiger partial charge in [-0.3, -0.25) is 0 Å². The van der Waals surface area contributed by atoms with E-state index in [4.69, 9.17) is 16.9 Å². The molecule has 0 heterocycles. The Labute approximate surface area is 79.7 Å². The van der Waals surface area contributed by atoms with Crippen LogP contribution in [0.5, 0.6) is 0 Å². The van der Waals surface area contributed by atoms with Crippen LogP contribution in [-0.2, 0) is 0 Å². The first-order valence-corrected chi connectivity index (χ1v) is 5.34. The fraction of sp³-hybridized carbons (Fsp3) is 0.900. The van der Waals surface area contributed by atoms with Crippen LogP contribution >= 0.6 is 11.6 Å². The highest BCUT2D eigenvalue weighted by Crippen LogP contribution is 2.41. The first kappa shape index (κ1) is 9.86. The Bertz CT molecular complexity index is 165. The fourth-order valence-electron chi connectivity index (χ4n) is 2.03. The molecule has 12 heavy (non-hydrogen) atoms. The van der Waals surface area contributed by atoms with Gasteiger partial charge in [-0.25, -0.2) is 0 Å². The number of rotatable bonds is 4. The van der Waals surface area contributed by atoms with E-state index < -0.39 is 0 Å². The van der Waals surface area contributed by atoms with Crippen LogP contribution in [0.15, 0.2) is 0 Å². The molecule has 68 valence electrons. The molecule has 0 aromatic rings. The zero-order valence-corrected chi connectivity index (χ0v) is 8.24. The fourth-order valence-corrected chi connectivity index (χ4v) is 2.22. The molecule has 0 atom stereocenters. The van der Waals surface area contributed by atoms with E-state index in [0.29, 0.717) is 0 Å².